The smallest absolute Gasteiger partial charge is 0.185 e. The zero-order chi connectivity index (χ0) is 9.26. The molecule has 1 heterocycles. The number of rotatable bonds is 1. The van der Waals surface area contributed by atoms with E-state index in [1.54, 1.807) is 0 Å². The van der Waals surface area contributed by atoms with Crippen molar-refractivity contribution in [3.05, 3.63) is 33.3 Å². The molecule has 0 radical (unpaired) electrons. The second kappa shape index (κ2) is 3.96. The lowest BCUT2D eigenvalue weighted by atomic mass is 10.2. The number of benzene rings is 1. The highest BCUT2D eigenvalue weighted by Crippen LogP contribution is 2.31. The molecule has 1 saturated heterocycles. The van der Waals surface area contributed by atoms with E-state index in [2.05, 4.69) is 15.9 Å². The van der Waals surface area contributed by atoms with Crippen molar-refractivity contribution in [1.82, 2.24) is 0 Å². The summed E-state index contributed by atoms with van der Waals surface area (Å²) < 4.78 is 11.6. The highest BCUT2D eigenvalue weighted by Gasteiger charge is 2.20. The van der Waals surface area contributed by atoms with Gasteiger partial charge in [-0.2, -0.15) is 0 Å². The average Bonchev–Trinajstić information content (AvgIpc) is 2.56. The Labute approximate surface area is 89.9 Å². The number of halogens is 2. The molecule has 0 amide bonds. The average molecular weight is 264 g/mol. The molecule has 1 aliphatic heterocycles. The van der Waals surface area contributed by atoms with Crippen molar-refractivity contribution < 1.29 is 9.47 Å². The maximum Gasteiger partial charge on any atom is 0.185 e. The number of hydrogen-bond acceptors (Lipinski definition) is 2. The predicted molar refractivity (Wildman–Crippen MR) is 53.8 cm³/mol. The third-order valence-corrected chi connectivity index (χ3v) is 2.66. The van der Waals surface area contributed by atoms with Crippen molar-refractivity contribution >= 4 is 27.5 Å². The first-order valence-corrected chi connectivity index (χ1v) is 5.12. The first-order valence-electron chi connectivity index (χ1n) is 3.95. The van der Waals surface area contributed by atoms with Crippen LogP contribution in [0.2, 0.25) is 5.02 Å². The summed E-state index contributed by atoms with van der Waals surface area (Å²) in [5.74, 6) is 0. The van der Waals surface area contributed by atoms with Gasteiger partial charge >= 0.3 is 0 Å². The molecule has 2 nitrogen and oxygen atoms in total. The quantitative estimate of drug-likeness (QED) is 0.775. The van der Waals surface area contributed by atoms with Gasteiger partial charge in [-0.25, -0.2) is 0 Å². The minimum absolute atomic E-state index is 0.291. The van der Waals surface area contributed by atoms with Gasteiger partial charge in [0.25, 0.3) is 0 Å². The van der Waals surface area contributed by atoms with Crippen LogP contribution in [0.4, 0.5) is 0 Å². The minimum Gasteiger partial charge on any atom is -0.346 e. The zero-order valence-electron chi connectivity index (χ0n) is 6.80. The van der Waals surface area contributed by atoms with Gasteiger partial charge in [0.05, 0.1) is 13.2 Å². The van der Waals surface area contributed by atoms with Crippen molar-refractivity contribution in [1.29, 1.82) is 0 Å². The Hall–Kier alpha value is -0.0900. The van der Waals surface area contributed by atoms with Gasteiger partial charge in [-0.15, -0.1) is 0 Å². The van der Waals surface area contributed by atoms with Crippen LogP contribution in [0.3, 0.4) is 0 Å². The topological polar surface area (TPSA) is 18.5 Å². The van der Waals surface area contributed by atoms with Crippen LogP contribution in [0, 0.1) is 0 Å². The van der Waals surface area contributed by atoms with Crippen LogP contribution in [0.25, 0.3) is 0 Å². The lowest BCUT2D eigenvalue weighted by Gasteiger charge is -2.10. The summed E-state index contributed by atoms with van der Waals surface area (Å²) in [4.78, 5) is 0. The van der Waals surface area contributed by atoms with Crippen LogP contribution in [-0.4, -0.2) is 13.2 Å². The van der Waals surface area contributed by atoms with Crippen molar-refractivity contribution in [3.63, 3.8) is 0 Å². The van der Waals surface area contributed by atoms with Gasteiger partial charge in [0.15, 0.2) is 6.29 Å². The van der Waals surface area contributed by atoms with Crippen LogP contribution < -0.4 is 0 Å². The third-order valence-electron chi connectivity index (χ3n) is 1.84. The van der Waals surface area contributed by atoms with E-state index in [9.17, 15) is 0 Å². The molecule has 4 heteroatoms. The highest BCUT2D eigenvalue weighted by molar-refractivity contribution is 9.10. The molecule has 0 bridgehead atoms. The van der Waals surface area contributed by atoms with Crippen LogP contribution in [0.5, 0.6) is 0 Å². The fourth-order valence-corrected chi connectivity index (χ4v) is 1.99. The fourth-order valence-electron chi connectivity index (χ4n) is 1.23. The lowest BCUT2D eigenvalue weighted by molar-refractivity contribution is -0.0440. The van der Waals surface area contributed by atoms with Gasteiger partial charge < -0.3 is 9.47 Å². The first-order chi connectivity index (χ1) is 6.27. The van der Waals surface area contributed by atoms with Crippen molar-refractivity contribution in [2.24, 2.45) is 0 Å². The van der Waals surface area contributed by atoms with Gasteiger partial charge in [-0.1, -0.05) is 33.6 Å². The summed E-state index contributed by atoms with van der Waals surface area (Å²) in [6, 6.07) is 5.66. The Morgan fingerprint density at radius 2 is 2.00 bits per heavy atom. The number of ether oxygens (including phenoxy) is 2. The van der Waals surface area contributed by atoms with Gasteiger partial charge in [0.2, 0.25) is 0 Å². The highest BCUT2D eigenvalue weighted by atomic mass is 79.9. The van der Waals surface area contributed by atoms with E-state index in [-0.39, 0.29) is 6.29 Å². The van der Waals surface area contributed by atoms with E-state index in [1.807, 2.05) is 18.2 Å². The van der Waals surface area contributed by atoms with E-state index >= 15 is 0 Å². The Balaban J connectivity index is 2.29. The van der Waals surface area contributed by atoms with Crippen LogP contribution in [0.1, 0.15) is 11.9 Å². The van der Waals surface area contributed by atoms with E-state index in [0.717, 1.165) is 10.0 Å². The SMILES string of the molecule is Clc1cc(Br)ccc1C1OCCO1. The molecule has 1 aromatic carbocycles. The molecule has 1 aromatic rings. The molecule has 0 N–H and O–H groups in total. The molecule has 1 aliphatic rings. The van der Waals surface area contributed by atoms with E-state index in [4.69, 9.17) is 21.1 Å². The third kappa shape index (κ3) is 2.05. The van der Waals surface area contributed by atoms with Gasteiger partial charge in [0.1, 0.15) is 0 Å². The summed E-state index contributed by atoms with van der Waals surface area (Å²) in [6.07, 6.45) is -0.291. The maximum absolute atomic E-state index is 6.02. The minimum atomic E-state index is -0.291. The van der Waals surface area contributed by atoms with Crippen molar-refractivity contribution in [2.45, 2.75) is 6.29 Å². The Kier molecular flexibility index (Phi) is 2.89. The normalized spacial score (nSPS) is 18.0. The molecule has 2 rings (SSSR count). The molecule has 0 saturated carbocycles. The molecule has 0 aromatic heterocycles. The number of hydrogen-bond donors (Lipinski definition) is 0. The molecule has 0 unspecified atom stereocenters. The van der Waals surface area contributed by atoms with E-state index in [0.29, 0.717) is 18.2 Å². The molecular weight excluding hydrogens is 255 g/mol. The summed E-state index contributed by atoms with van der Waals surface area (Å²) >= 11 is 9.36. The second-order valence-electron chi connectivity index (χ2n) is 2.74. The monoisotopic (exact) mass is 262 g/mol. The Morgan fingerprint density at radius 1 is 1.31 bits per heavy atom. The summed E-state index contributed by atoms with van der Waals surface area (Å²) in [7, 11) is 0. The van der Waals surface area contributed by atoms with Crippen molar-refractivity contribution in [2.75, 3.05) is 13.2 Å². The standard InChI is InChI=1S/C9H8BrClO2/c10-6-1-2-7(8(11)5-6)9-12-3-4-13-9/h1-2,5,9H,3-4H2. The van der Waals surface area contributed by atoms with Gasteiger partial charge in [-0.3, -0.25) is 0 Å². The fraction of sp³-hybridized carbons (Fsp3) is 0.333. The molecule has 0 aliphatic carbocycles. The van der Waals surface area contributed by atoms with E-state index in [1.165, 1.54) is 0 Å². The maximum atomic E-state index is 6.02. The van der Waals surface area contributed by atoms with E-state index < -0.39 is 0 Å². The molecule has 13 heavy (non-hydrogen) atoms. The largest absolute Gasteiger partial charge is 0.346 e. The predicted octanol–water partition coefficient (Wildman–Crippen LogP) is 3.15. The lowest BCUT2D eigenvalue weighted by Crippen LogP contribution is -1.98. The second-order valence-corrected chi connectivity index (χ2v) is 4.06. The summed E-state index contributed by atoms with van der Waals surface area (Å²) in [5, 5.41) is 0.668. The van der Waals surface area contributed by atoms with Crippen LogP contribution in [0.15, 0.2) is 22.7 Å². The Morgan fingerprint density at radius 3 is 2.62 bits per heavy atom. The van der Waals surface area contributed by atoms with Crippen LogP contribution >= 0.6 is 27.5 Å². The van der Waals surface area contributed by atoms with Gasteiger partial charge in [0, 0.05) is 15.1 Å². The molecule has 1 fully saturated rings. The summed E-state index contributed by atoms with van der Waals surface area (Å²) in [5.41, 5.74) is 0.891. The molecular formula is C9H8BrClO2. The first kappa shape index (κ1) is 9.46. The molecule has 0 spiro atoms. The van der Waals surface area contributed by atoms with Gasteiger partial charge in [-0.05, 0) is 12.1 Å². The van der Waals surface area contributed by atoms with Crippen LogP contribution in [-0.2, 0) is 9.47 Å². The van der Waals surface area contributed by atoms with Crippen molar-refractivity contribution in [3.8, 4) is 0 Å². The summed E-state index contributed by atoms with van der Waals surface area (Å²) in [6.45, 7) is 1.27. The Bertz CT molecular complexity index is 310. The molecule has 70 valence electrons. The molecule has 0 atom stereocenters. The zero-order valence-corrected chi connectivity index (χ0v) is 9.14.